The number of halogens is 20. The molecule has 0 bridgehead atoms. The molecule has 41 heavy (non-hydrogen) atoms. The second-order valence-electron chi connectivity index (χ2n) is 6.49. The molecule has 0 aliphatic rings. The molecule has 0 atom stereocenters. The van der Waals surface area contributed by atoms with Gasteiger partial charge in [0.05, 0.1) is 0 Å². The Balaban J connectivity index is 7.49. The highest BCUT2D eigenvalue weighted by atomic mass is 19.4. The van der Waals surface area contributed by atoms with Gasteiger partial charge in [-0.3, -0.25) is 0 Å². The fourth-order valence-corrected chi connectivity index (χ4v) is 1.43. The molecule has 0 aliphatic heterocycles. The minimum absolute atomic E-state index is 2.29. The number of carbonyl (C=O) groups excluding carboxylic acids is 4. The monoisotopic (exact) mass is 663 g/mol. The van der Waals surface area contributed by atoms with Crippen LogP contribution in [-0.2, 0) is 37.8 Å². The number of hydrogen-bond donors (Lipinski definition) is 0. The van der Waals surface area contributed by atoms with Crippen molar-refractivity contribution >= 4 is 30.8 Å². The average molecular weight is 663 g/mol. The van der Waals surface area contributed by atoms with E-state index in [1.54, 1.807) is 0 Å². The molecular formula is C12BF20O8-. The third kappa shape index (κ3) is 7.44. The van der Waals surface area contributed by atoms with E-state index in [2.05, 4.69) is 18.6 Å². The van der Waals surface area contributed by atoms with E-state index in [-0.39, 0.29) is 0 Å². The van der Waals surface area contributed by atoms with Gasteiger partial charge in [0.2, 0.25) is 0 Å². The van der Waals surface area contributed by atoms with Crippen LogP contribution in [0.3, 0.4) is 0 Å². The van der Waals surface area contributed by atoms with E-state index in [1.807, 2.05) is 0 Å². The molecule has 0 spiro atoms. The smallest absolute Gasteiger partial charge is 0.580 e. The maximum atomic E-state index is 13.1. The topological polar surface area (TPSA) is 105 Å². The fraction of sp³-hybridized carbons (Fsp3) is 0.667. The lowest BCUT2D eigenvalue weighted by Gasteiger charge is -2.40. The Hall–Kier alpha value is -3.46. The van der Waals surface area contributed by atoms with E-state index in [0.717, 1.165) is 0 Å². The summed E-state index contributed by atoms with van der Waals surface area (Å²) in [6, 6.07) is 0. The maximum absolute atomic E-state index is 13.1. The second kappa shape index (κ2) is 10.4. The molecule has 0 saturated carbocycles. The van der Waals surface area contributed by atoms with Gasteiger partial charge >= 0.3 is 79.2 Å². The van der Waals surface area contributed by atoms with Gasteiger partial charge in [-0.05, 0) is 0 Å². The average Bonchev–Trinajstić information content (AvgIpc) is 2.69. The molecule has 0 aromatic heterocycles. The zero-order valence-electron chi connectivity index (χ0n) is 17.4. The third-order valence-electron chi connectivity index (χ3n) is 3.46. The predicted molar refractivity (Wildman–Crippen MR) is 74.1 cm³/mol. The summed E-state index contributed by atoms with van der Waals surface area (Å²) in [6.45, 7) is -7.97. The highest BCUT2D eigenvalue weighted by molar-refractivity contribution is 6.61. The molecule has 240 valence electrons. The van der Waals surface area contributed by atoms with Crippen LogP contribution >= 0.6 is 0 Å². The van der Waals surface area contributed by atoms with Crippen molar-refractivity contribution in [3.8, 4) is 0 Å². The first-order valence-electron chi connectivity index (χ1n) is 8.36. The summed E-state index contributed by atoms with van der Waals surface area (Å²) in [5, 5.41) is 0. The molecule has 0 N–H and O–H groups in total. The zero-order valence-corrected chi connectivity index (χ0v) is 17.4. The van der Waals surface area contributed by atoms with Crippen molar-refractivity contribution in [2.45, 2.75) is 48.4 Å². The van der Waals surface area contributed by atoms with Crippen LogP contribution < -0.4 is 0 Å². The summed E-state index contributed by atoms with van der Waals surface area (Å²) in [4.78, 5) is 44.5. The predicted octanol–water partition coefficient (Wildman–Crippen LogP) is 4.39. The number of alkyl halides is 20. The van der Waals surface area contributed by atoms with Crippen LogP contribution in [0.25, 0.3) is 0 Å². The van der Waals surface area contributed by atoms with Gasteiger partial charge in [-0.2, -0.15) is 87.8 Å². The van der Waals surface area contributed by atoms with Gasteiger partial charge in [-0.15, -0.1) is 0 Å². The maximum Gasteiger partial charge on any atom is 0.785 e. The number of rotatable bonds is 8. The molecule has 0 rings (SSSR count). The van der Waals surface area contributed by atoms with Crippen molar-refractivity contribution in [3.05, 3.63) is 0 Å². The first-order valence-corrected chi connectivity index (χ1v) is 8.36. The molecule has 8 nitrogen and oxygen atoms in total. The minimum atomic E-state index is -7.97. The Morgan fingerprint density at radius 2 is 0.439 bits per heavy atom. The molecular weight excluding hydrogens is 663 g/mol. The first kappa shape index (κ1) is 37.5. The lowest BCUT2D eigenvalue weighted by Crippen LogP contribution is -2.64. The van der Waals surface area contributed by atoms with Gasteiger partial charge in [0.1, 0.15) is 0 Å². The van der Waals surface area contributed by atoms with Crippen LogP contribution in [0.1, 0.15) is 0 Å². The van der Waals surface area contributed by atoms with E-state index in [1.165, 1.54) is 0 Å². The molecule has 0 heterocycles. The van der Waals surface area contributed by atoms with Crippen LogP contribution in [0.4, 0.5) is 87.8 Å². The molecule has 0 amide bonds. The van der Waals surface area contributed by atoms with Gasteiger partial charge in [-0.1, -0.05) is 0 Å². The van der Waals surface area contributed by atoms with Crippen molar-refractivity contribution < 1.29 is 126 Å². The van der Waals surface area contributed by atoms with Crippen molar-refractivity contribution in [1.82, 2.24) is 0 Å². The molecule has 0 aliphatic carbocycles. The van der Waals surface area contributed by atoms with Crippen LogP contribution in [-0.4, -0.2) is 79.2 Å². The van der Waals surface area contributed by atoms with Crippen LogP contribution in [0.2, 0.25) is 0 Å². The highest BCUT2D eigenvalue weighted by Gasteiger charge is 2.73. The van der Waals surface area contributed by atoms with Gasteiger partial charge in [0, 0.05) is 0 Å². The molecule has 0 fully saturated rings. The Morgan fingerprint density at radius 3 is 0.537 bits per heavy atom. The summed E-state index contributed by atoms with van der Waals surface area (Å²) < 4.78 is 262. The SMILES string of the molecule is O=C(O[B-](OC(=O)C(F)(F)C(F)(F)F)(OC(=O)C(F)(F)C(F)(F)F)OC(=O)C(F)(F)C(F)(F)F)C(F)(F)C(F)(F)F. The minimum Gasteiger partial charge on any atom is -0.580 e. The molecule has 29 heteroatoms. The van der Waals surface area contributed by atoms with Crippen LogP contribution in [0, 0.1) is 0 Å². The van der Waals surface area contributed by atoms with Gasteiger partial charge in [0.25, 0.3) is 0 Å². The first-order chi connectivity index (χ1) is 17.5. The van der Waals surface area contributed by atoms with E-state index in [0.29, 0.717) is 0 Å². The lowest BCUT2D eigenvalue weighted by atomic mass is 10.0. The number of carbonyl (C=O) groups is 4. The van der Waals surface area contributed by atoms with Gasteiger partial charge in [0.15, 0.2) is 0 Å². The van der Waals surface area contributed by atoms with E-state index in [4.69, 9.17) is 0 Å². The molecule has 0 saturated heterocycles. The Morgan fingerprint density at radius 1 is 0.317 bits per heavy atom. The lowest BCUT2D eigenvalue weighted by molar-refractivity contribution is -0.289. The quantitative estimate of drug-likeness (QED) is 0.279. The van der Waals surface area contributed by atoms with Crippen molar-refractivity contribution in [2.75, 3.05) is 0 Å². The summed E-state index contributed by atoms with van der Waals surface area (Å²) in [6.07, 6.45) is -29.8. The molecule has 0 unspecified atom stereocenters. The van der Waals surface area contributed by atoms with Crippen molar-refractivity contribution in [3.63, 3.8) is 0 Å². The largest absolute Gasteiger partial charge is 0.785 e. The fourth-order valence-electron chi connectivity index (χ4n) is 1.43. The highest BCUT2D eigenvalue weighted by Crippen LogP contribution is 2.43. The summed E-state index contributed by atoms with van der Waals surface area (Å²) in [5.41, 5.74) is 0. The van der Waals surface area contributed by atoms with Gasteiger partial charge < -0.3 is 18.6 Å². The summed E-state index contributed by atoms with van der Waals surface area (Å²) >= 11 is 0. The van der Waals surface area contributed by atoms with E-state index < -0.39 is 79.2 Å². The second-order valence-corrected chi connectivity index (χ2v) is 6.49. The third-order valence-corrected chi connectivity index (χ3v) is 3.46. The summed E-state index contributed by atoms with van der Waals surface area (Å²) in [7, 11) is 0. The van der Waals surface area contributed by atoms with E-state index in [9.17, 15) is 107 Å². The molecule has 0 radical (unpaired) electrons. The van der Waals surface area contributed by atoms with Crippen LogP contribution in [0.15, 0.2) is 0 Å². The van der Waals surface area contributed by atoms with Crippen molar-refractivity contribution in [2.24, 2.45) is 0 Å². The Bertz CT molecular complexity index is 871. The molecule has 0 aromatic carbocycles. The number of hydrogen-bond acceptors (Lipinski definition) is 8. The van der Waals surface area contributed by atoms with Gasteiger partial charge in [-0.25, -0.2) is 19.2 Å². The van der Waals surface area contributed by atoms with Crippen molar-refractivity contribution in [1.29, 1.82) is 0 Å². The Kier molecular flexibility index (Phi) is 9.55. The van der Waals surface area contributed by atoms with E-state index >= 15 is 0 Å². The standard InChI is InChI=1S/C12BF20O8/c14-5(15,9(22,23)24)1(34)38-13(39-2(35)6(16,17)10(25,26)27,40-3(36)7(18,19)11(28,29)30)41-4(37)8(20,21)12(31,32)33/q-1. The Labute approximate surface area is 206 Å². The van der Waals surface area contributed by atoms with Crippen LogP contribution in [0.5, 0.6) is 0 Å². The summed E-state index contributed by atoms with van der Waals surface area (Å²) in [5.74, 6) is -49.1. The normalized spacial score (nSPS) is 14.7. The zero-order chi connectivity index (χ0) is 33.6. The molecule has 0 aromatic rings.